The summed E-state index contributed by atoms with van der Waals surface area (Å²) in [5.41, 5.74) is 7.29. The summed E-state index contributed by atoms with van der Waals surface area (Å²) in [5.74, 6) is 6.08. The zero-order valence-electron chi connectivity index (χ0n) is 27.2. The monoisotopic (exact) mass is 640 g/mol. The molecule has 1 aromatic heterocycles. The summed E-state index contributed by atoms with van der Waals surface area (Å²) >= 11 is 0. The van der Waals surface area contributed by atoms with Crippen LogP contribution in [0.25, 0.3) is 11.3 Å². The maximum absolute atomic E-state index is 13.1. The Kier molecular flexibility index (Phi) is 11.8. The quantitative estimate of drug-likeness (QED) is 0.263. The molecule has 3 aliphatic heterocycles. The number of ether oxygens (including phenoxy) is 3. The maximum atomic E-state index is 13.1. The Balaban J connectivity index is 1.11. The molecule has 0 aliphatic carbocycles. The molecule has 3 aromatic rings. The van der Waals surface area contributed by atoms with E-state index in [0.717, 1.165) is 95.1 Å². The van der Waals surface area contributed by atoms with Crippen molar-refractivity contribution in [3.05, 3.63) is 77.0 Å². The molecule has 0 radical (unpaired) electrons. The van der Waals surface area contributed by atoms with Crippen LogP contribution in [0.5, 0.6) is 6.01 Å². The lowest BCUT2D eigenvalue weighted by Gasteiger charge is -2.32. The summed E-state index contributed by atoms with van der Waals surface area (Å²) in [4.78, 5) is 35.0. The standard InChI is InChI=1S/C36H44N6O5/c1-40-14-16-41(17-15-40)20-25-46-36-37-33(26-34(38-36)35(43)39-47-32-12-21-44-22-13-32)31-10-8-29(9-11-31)3-2-28-4-6-30(7-5-28)27-42-18-23-45-24-19-42/h4-11,26,32H,12-25,27H2,1H3,(H,39,43). The molecule has 2 aromatic carbocycles. The van der Waals surface area contributed by atoms with E-state index in [-0.39, 0.29) is 17.8 Å². The summed E-state index contributed by atoms with van der Waals surface area (Å²) in [6.07, 6.45) is 1.37. The number of carbonyl (C=O) groups is 1. The number of nitrogens with zero attached hydrogens (tertiary/aromatic N) is 5. The number of hydrogen-bond acceptors (Lipinski definition) is 10. The molecule has 0 bridgehead atoms. The Morgan fingerprint density at radius 1 is 0.851 bits per heavy atom. The van der Waals surface area contributed by atoms with E-state index in [1.165, 1.54) is 5.56 Å². The number of hydrogen-bond donors (Lipinski definition) is 1. The van der Waals surface area contributed by atoms with Gasteiger partial charge in [0.1, 0.15) is 12.3 Å². The van der Waals surface area contributed by atoms with Gasteiger partial charge in [-0.3, -0.25) is 19.4 Å². The normalized spacial score (nSPS) is 18.3. The molecule has 0 unspecified atom stereocenters. The predicted octanol–water partition coefficient (Wildman–Crippen LogP) is 2.84. The third-order valence-electron chi connectivity index (χ3n) is 8.66. The van der Waals surface area contributed by atoms with E-state index >= 15 is 0 Å². The van der Waals surface area contributed by atoms with Gasteiger partial charge in [-0.05, 0) is 55.8 Å². The Morgan fingerprint density at radius 3 is 2.21 bits per heavy atom. The second-order valence-electron chi connectivity index (χ2n) is 12.2. The first-order chi connectivity index (χ1) is 23.1. The fourth-order valence-electron chi connectivity index (χ4n) is 5.65. The molecule has 4 heterocycles. The molecule has 1 N–H and O–H groups in total. The van der Waals surface area contributed by atoms with Crippen LogP contribution in [0.3, 0.4) is 0 Å². The maximum Gasteiger partial charge on any atom is 0.317 e. The van der Waals surface area contributed by atoms with Gasteiger partial charge in [-0.25, -0.2) is 5.48 Å². The van der Waals surface area contributed by atoms with Crippen LogP contribution in [0.2, 0.25) is 0 Å². The third kappa shape index (κ3) is 10.0. The summed E-state index contributed by atoms with van der Waals surface area (Å²) in [7, 11) is 2.14. The number of aromatic nitrogens is 2. The van der Waals surface area contributed by atoms with Crippen LogP contribution in [0.15, 0.2) is 54.6 Å². The molecule has 3 fully saturated rings. The van der Waals surface area contributed by atoms with Crippen molar-refractivity contribution in [1.82, 2.24) is 30.1 Å². The smallest absolute Gasteiger partial charge is 0.317 e. The number of benzene rings is 2. The van der Waals surface area contributed by atoms with Crippen LogP contribution in [0.1, 0.15) is 40.0 Å². The average molecular weight is 641 g/mol. The number of hydroxylamine groups is 1. The highest BCUT2D eigenvalue weighted by molar-refractivity contribution is 5.92. The first kappa shape index (κ1) is 33.0. The highest BCUT2D eigenvalue weighted by atomic mass is 16.7. The van der Waals surface area contributed by atoms with Crippen LogP contribution < -0.4 is 10.2 Å². The average Bonchev–Trinajstić information content (AvgIpc) is 3.12. The topological polar surface area (TPSA) is 102 Å². The largest absolute Gasteiger partial charge is 0.462 e. The van der Waals surface area contributed by atoms with E-state index < -0.39 is 5.91 Å². The SMILES string of the molecule is CN1CCN(CCOc2nc(C(=O)NOC3CCOCC3)cc(-c3ccc(C#Cc4ccc(CN5CCOCC5)cc4)cc3)n2)CC1. The number of piperazine rings is 1. The first-order valence-corrected chi connectivity index (χ1v) is 16.6. The number of morpholine rings is 1. The van der Waals surface area contributed by atoms with Crippen molar-refractivity contribution < 1.29 is 23.8 Å². The van der Waals surface area contributed by atoms with E-state index in [2.05, 4.69) is 73.3 Å². The summed E-state index contributed by atoms with van der Waals surface area (Å²) < 4.78 is 16.8. The second-order valence-corrected chi connectivity index (χ2v) is 12.2. The van der Waals surface area contributed by atoms with Crippen molar-refractivity contribution in [2.75, 3.05) is 85.9 Å². The molecule has 47 heavy (non-hydrogen) atoms. The van der Waals surface area contributed by atoms with Gasteiger partial charge in [0.05, 0.1) is 25.0 Å². The van der Waals surface area contributed by atoms with Gasteiger partial charge >= 0.3 is 6.01 Å². The molecule has 1 amide bonds. The number of likely N-dealkylation sites (N-methyl/N-ethyl adjacent to an activating group) is 1. The fraction of sp³-hybridized carbons (Fsp3) is 0.472. The van der Waals surface area contributed by atoms with E-state index in [1.807, 2.05) is 24.3 Å². The number of rotatable bonds is 10. The Hall–Kier alpha value is -3.89. The minimum Gasteiger partial charge on any atom is -0.462 e. The summed E-state index contributed by atoms with van der Waals surface area (Å²) in [6.45, 7) is 10.9. The molecule has 11 heteroatoms. The van der Waals surface area contributed by atoms with Crippen molar-refractivity contribution >= 4 is 5.91 Å². The van der Waals surface area contributed by atoms with Gasteiger partial charge in [0.2, 0.25) is 0 Å². The van der Waals surface area contributed by atoms with Crippen LogP contribution in [0, 0.1) is 11.8 Å². The summed E-state index contributed by atoms with van der Waals surface area (Å²) in [5, 5.41) is 0. The van der Waals surface area contributed by atoms with Gasteiger partial charge in [-0.1, -0.05) is 36.1 Å². The Bertz CT molecular complexity index is 1500. The second kappa shape index (κ2) is 16.8. The highest BCUT2D eigenvalue weighted by Gasteiger charge is 2.19. The van der Waals surface area contributed by atoms with E-state index in [1.54, 1.807) is 6.07 Å². The van der Waals surface area contributed by atoms with Gasteiger partial charge in [-0.15, -0.1) is 0 Å². The van der Waals surface area contributed by atoms with Crippen LogP contribution in [0.4, 0.5) is 0 Å². The van der Waals surface area contributed by atoms with Gasteiger partial charge in [0, 0.05) is 82.3 Å². The minimum absolute atomic E-state index is 0.0880. The van der Waals surface area contributed by atoms with E-state index in [0.29, 0.717) is 25.5 Å². The molecule has 0 spiro atoms. The van der Waals surface area contributed by atoms with Crippen molar-refractivity contribution in [2.24, 2.45) is 0 Å². The van der Waals surface area contributed by atoms with Crippen molar-refractivity contribution in [3.63, 3.8) is 0 Å². The molecule has 0 saturated carbocycles. The third-order valence-corrected chi connectivity index (χ3v) is 8.66. The molecule has 3 saturated heterocycles. The Labute approximate surface area is 277 Å². The molecule has 11 nitrogen and oxygen atoms in total. The summed E-state index contributed by atoms with van der Waals surface area (Å²) in [6, 6.07) is 18.1. The minimum atomic E-state index is -0.442. The highest BCUT2D eigenvalue weighted by Crippen LogP contribution is 2.22. The number of amides is 1. The van der Waals surface area contributed by atoms with Crippen molar-refractivity contribution in [3.8, 4) is 29.1 Å². The van der Waals surface area contributed by atoms with Gasteiger partial charge in [-0.2, -0.15) is 9.97 Å². The number of nitrogens with one attached hydrogen (secondary N) is 1. The van der Waals surface area contributed by atoms with Crippen LogP contribution in [-0.4, -0.2) is 123 Å². The van der Waals surface area contributed by atoms with Crippen molar-refractivity contribution in [1.29, 1.82) is 0 Å². The molecule has 6 rings (SSSR count). The van der Waals surface area contributed by atoms with E-state index in [9.17, 15) is 4.79 Å². The fourth-order valence-corrected chi connectivity index (χ4v) is 5.65. The van der Waals surface area contributed by atoms with Crippen LogP contribution >= 0.6 is 0 Å². The number of carbonyl (C=O) groups excluding carboxylic acids is 1. The first-order valence-electron chi connectivity index (χ1n) is 16.6. The Morgan fingerprint density at radius 2 is 1.51 bits per heavy atom. The molecule has 248 valence electrons. The molecular formula is C36H44N6O5. The molecule has 0 atom stereocenters. The van der Waals surface area contributed by atoms with Gasteiger partial charge in [0.15, 0.2) is 0 Å². The zero-order chi connectivity index (χ0) is 32.3. The molecule has 3 aliphatic rings. The lowest BCUT2D eigenvalue weighted by Crippen LogP contribution is -2.45. The van der Waals surface area contributed by atoms with Crippen LogP contribution in [-0.2, 0) is 20.9 Å². The zero-order valence-corrected chi connectivity index (χ0v) is 27.2. The predicted molar refractivity (Wildman–Crippen MR) is 178 cm³/mol. The van der Waals surface area contributed by atoms with Gasteiger partial charge < -0.3 is 19.1 Å². The lowest BCUT2D eigenvalue weighted by atomic mass is 10.1. The lowest BCUT2D eigenvalue weighted by molar-refractivity contribution is -0.0674. The van der Waals surface area contributed by atoms with E-state index in [4.69, 9.17) is 19.0 Å². The van der Waals surface area contributed by atoms with Crippen molar-refractivity contribution in [2.45, 2.75) is 25.5 Å². The molecular weight excluding hydrogens is 596 g/mol. The van der Waals surface area contributed by atoms with Gasteiger partial charge in [0.25, 0.3) is 5.91 Å².